The van der Waals surface area contributed by atoms with Crippen LogP contribution in [0.2, 0.25) is 0 Å². The normalized spacial score (nSPS) is 10.9. The average molecular weight is 337 g/mol. The van der Waals surface area contributed by atoms with Crippen LogP contribution in [0.5, 0.6) is 0 Å². The maximum atomic E-state index is 4.35. The van der Waals surface area contributed by atoms with Crippen LogP contribution in [-0.4, -0.2) is 9.55 Å². The molecule has 4 heteroatoms. The fraction of sp³-hybridized carbons (Fsp3) is 0.125. The van der Waals surface area contributed by atoms with E-state index in [1.54, 1.807) is 0 Å². The van der Waals surface area contributed by atoms with Crippen molar-refractivity contribution in [2.75, 3.05) is 0 Å². The molecule has 0 amide bonds. The molecule has 0 aliphatic heterocycles. The van der Waals surface area contributed by atoms with E-state index >= 15 is 0 Å². The minimum atomic E-state index is 0.876. The van der Waals surface area contributed by atoms with Crippen molar-refractivity contribution in [1.29, 1.82) is 0 Å². The zero-order valence-corrected chi connectivity index (χ0v) is 10.1. The lowest BCUT2D eigenvalue weighted by Crippen LogP contribution is -1.88. The van der Waals surface area contributed by atoms with Gasteiger partial charge >= 0.3 is 0 Å². The lowest BCUT2D eigenvalue weighted by molar-refractivity contribution is 0.910. The molecule has 62 valence electrons. The number of aryl methyl sites for hydroxylation is 1. The Morgan fingerprint density at radius 3 is 2.92 bits per heavy atom. The Labute approximate surface area is 92.2 Å². The highest BCUT2D eigenvalue weighted by molar-refractivity contribution is 14.1. The van der Waals surface area contributed by atoms with Crippen molar-refractivity contribution in [3.8, 4) is 0 Å². The predicted octanol–water partition coefficient (Wildman–Crippen LogP) is 2.94. The fourth-order valence-electron chi connectivity index (χ4n) is 1.19. The molecule has 2 nitrogen and oxygen atoms in total. The summed E-state index contributed by atoms with van der Waals surface area (Å²) in [5.74, 6) is 0. The van der Waals surface area contributed by atoms with E-state index in [-0.39, 0.29) is 0 Å². The first kappa shape index (κ1) is 8.50. The Balaban J connectivity index is 2.97. The third-order valence-corrected chi connectivity index (χ3v) is 3.37. The molecule has 0 radical (unpaired) electrons. The quantitative estimate of drug-likeness (QED) is 0.676. The van der Waals surface area contributed by atoms with Gasteiger partial charge in [0, 0.05) is 10.6 Å². The Morgan fingerprint density at radius 2 is 2.25 bits per heavy atom. The highest BCUT2D eigenvalue weighted by atomic mass is 127. The van der Waals surface area contributed by atoms with Gasteiger partial charge in [-0.3, -0.25) is 0 Å². The summed E-state index contributed by atoms with van der Waals surface area (Å²) in [5.41, 5.74) is 2.22. The Morgan fingerprint density at radius 1 is 1.50 bits per heavy atom. The van der Waals surface area contributed by atoms with Crippen molar-refractivity contribution < 1.29 is 0 Å². The van der Waals surface area contributed by atoms with Crippen molar-refractivity contribution in [2.45, 2.75) is 0 Å². The molecule has 0 N–H and O–H groups in total. The van der Waals surface area contributed by atoms with E-state index in [2.05, 4.69) is 49.6 Å². The van der Waals surface area contributed by atoms with E-state index in [1.807, 2.05) is 23.7 Å². The first-order chi connectivity index (χ1) is 5.70. The zero-order chi connectivity index (χ0) is 8.72. The van der Waals surface area contributed by atoms with Crippen molar-refractivity contribution in [3.05, 3.63) is 26.5 Å². The van der Waals surface area contributed by atoms with Gasteiger partial charge in [0.15, 0.2) is 4.73 Å². The number of hydrogen-bond donors (Lipinski definition) is 0. The molecule has 0 bridgehead atoms. The third-order valence-electron chi connectivity index (χ3n) is 1.79. The van der Waals surface area contributed by atoms with Crippen LogP contribution in [0.15, 0.2) is 22.9 Å². The lowest BCUT2D eigenvalue weighted by Gasteiger charge is -1.97. The molecule has 1 aromatic heterocycles. The largest absolute Gasteiger partial charge is 0.321 e. The standard InChI is InChI=1S/C8H6BrIN2/c1-12-7-5(10)3-2-4-6(7)11-8(12)9/h2-4H,1H3. The minimum absolute atomic E-state index is 0.876. The monoisotopic (exact) mass is 336 g/mol. The van der Waals surface area contributed by atoms with Crippen LogP contribution in [-0.2, 0) is 7.05 Å². The summed E-state index contributed by atoms with van der Waals surface area (Å²) in [6.45, 7) is 0. The molecule has 1 heterocycles. The topological polar surface area (TPSA) is 17.8 Å². The van der Waals surface area contributed by atoms with E-state index in [1.165, 1.54) is 9.09 Å². The number of fused-ring (bicyclic) bond motifs is 1. The molecule has 0 aliphatic rings. The van der Waals surface area contributed by atoms with Crippen molar-refractivity contribution >= 4 is 49.6 Å². The van der Waals surface area contributed by atoms with E-state index in [0.717, 1.165) is 10.3 Å². The van der Waals surface area contributed by atoms with Crippen LogP contribution in [0.3, 0.4) is 0 Å². The van der Waals surface area contributed by atoms with Crippen molar-refractivity contribution in [3.63, 3.8) is 0 Å². The highest BCUT2D eigenvalue weighted by Crippen LogP contribution is 2.22. The molecule has 0 fully saturated rings. The molecule has 2 aromatic rings. The van der Waals surface area contributed by atoms with Crippen molar-refractivity contribution in [1.82, 2.24) is 9.55 Å². The van der Waals surface area contributed by atoms with Gasteiger partial charge < -0.3 is 4.57 Å². The summed E-state index contributed by atoms with van der Waals surface area (Å²) in [4.78, 5) is 4.35. The number of benzene rings is 1. The maximum absolute atomic E-state index is 4.35. The highest BCUT2D eigenvalue weighted by Gasteiger charge is 2.06. The summed E-state index contributed by atoms with van der Waals surface area (Å²) >= 11 is 5.71. The summed E-state index contributed by atoms with van der Waals surface area (Å²) in [7, 11) is 2.00. The van der Waals surface area contributed by atoms with Crippen molar-refractivity contribution in [2.24, 2.45) is 7.05 Å². The molecular formula is C8H6BrIN2. The first-order valence-electron chi connectivity index (χ1n) is 3.46. The SMILES string of the molecule is Cn1c(Br)nc2cccc(I)c21. The van der Waals surface area contributed by atoms with Crippen LogP contribution in [0.1, 0.15) is 0 Å². The van der Waals surface area contributed by atoms with Crippen LogP contribution < -0.4 is 0 Å². The number of para-hydroxylation sites is 1. The Hall–Kier alpha value is -0.100. The number of halogens is 2. The first-order valence-corrected chi connectivity index (χ1v) is 5.34. The molecule has 0 saturated heterocycles. The van der Waals surface area contributed by atoms with Gasteiger partial charge in [0.1, 0.15) is 0 Å². The van der Waals surface area contributed by atoms with Gasteiger partial charge in [-0.1, -0.05) is 6.07 Å². The average Bonchev–Trinajstić information content (AvgIpc) is 2.29. The van der Waals surface area contributed by atoms with Gasteiger partial charge in [0.05, 0.1) is 11.0 Å². The fourth-order valence-corrected chi connectivity index (χ4v) is 2.41. The molecule has 1 aromatic carbocycles. The summed E-state index contributed by atoms with van der Waals surface area (Å²) in [5, 5.41) is 0. The van der Waals surface area contributed by atoms with Gasteiger partial charge in [-0.15, -0.1) is 0 Å². The summed E-state index contributed by atoms with van der Waals surface area (Å²) in [6.07, 6.45) is 0. The Kier molecular flexibility index (Phi) is 2.12. The van der Waals surface area contributed by atoms with Gasteiger partial charge in [-0.2, -0.15) is 0 Å². The summed E-state index contributed by atoms with van der Waals surface area (Å²) < 4.78 is 4.14. The number of aromatic nitrogens is 2. The number of nitrogens with zero attached hydrogens (tertiary/aromatic N) is 2. The van der Waals surface area contributed by atoms with Gasteiger partial charge in [-0.05, 0) is 50.7 Å². The van der Waals surface area contributed by atoms with Gasteiger partial charge in [0.2, 0.25) is 0 Å². The number of imidazole rings is 1. The molecule has 2 rings (SSSR count). The smallest absolute Gasteiger partial charge is 0.177 e. The maximum Gasteiger partial charge on any atom is 0.177 e. The second-order valence-electron chi connectivity index (χ2n) is 2.55. The molecule has 12 heavy (non-hydrogen) atoms. The molecule has 0 unspecified atom stereocenters. The third kappa shape index (κ3) is 1.17. The molecule has 0 saturated carbocycles. The van der Waals surface area contributed by atoms with Crippen LogP contribution in [0, 0.1) is 3.57 Å². The van der Waals surface area contributed by atoms with Gasteiger partial charge in [0.25, 0.3) is 0 Å². The van der Waals surface area contributed by atoms with E-state index < -0.39 is 0 Å². The lowest BCUT2D eigenvalue weighted by atomic mass is 10.3. The number of rotatable bonds is 0. The van der Waals surface area contributed by atoms with Crippen LogP contribution in [0.25, 0.3) is 11.0 Å². The second-order valence-corrected chi connectivity index (χ2v) is 4.42. The zero-order valence-electron chi connectivity index (χ0n) is 6.38. The molecule has 0 atom stereocenters. The minimum Gasteiger partial charge on any atom is -0.321 e. The summed E-state index contributed by atoms with van der Waals surface area (Å²) in [6, 6.07) is 6.11. The van der Waals surface area contributed by atoms with E-state index in [4.69, 9.17) is 0 Å². The van der Waals surface area contributed by atoms with Crippen LogP contribution in [0.4, 0.5) is 0 Å². The van der Waals surface area contributed by atoms with Crippen LogP contribution >= 0.6 is 38.5 Å². The van der Waals surface area contributed by atoms with E-state index in [9.17, 15) is 0 Å². The molecule has 0 spiro atoms. The predicted molar refractivity (Wildman–Crippen MR) is 61.1 cm³/mol. The molecular weight excluding hydrogens is 331 g/mol. The number of hydrogen-bond acceptors (Lipinski definition) is 1. The van der Waals surface area contributed by atoms with Gasteiger partial charge in [-0.25, -0.2) is 4.98 Å². The Bertz CT molecular complexity index is 436. The van der Waals surface area contributed by atoms with E-state index in [0.29, 0.717) is 0 Å². The second kappa shape index (κ2) is 2.99. The molecule has 0 aliphatic carbocycles.